The summed E-state index contributed by atoms with van der Waals surface area (Å²) in [5.74, 6) is 0.179. The molecule has 0 spiro atoms. The van der Waals surface area contributed by atoms with Crippen molar-refractivity contribution in [1.82, 2.24) is 5.43 Å². The minimum absolute atomic E-state index is 0.00118. The molecule has 0 saturated heterocycles. The number of nitrogens with one attached hydrogen (secondary N) is 1. The fraction of sp³-hybridized carbons (Fsp3) is 0.200. The molecule has 3 aromatic rings. The standard InChI is InChI=1S/C25H27N3O7S/c1-4-35-24-14-18(10-12-22(24)29)16-26-27-25(30)17-28(36(31,32)20-8-6-5-7-9-20)21-15-19(33-2)11-13-23(21)34-3/h5-16,29H,4,17H2,1-3H3,(H,27,30)/b26-16-. The Kier molecular flexibility index (Phi) is 8.74. The second-order valence-corrected chi connectivity index (χ2v) is 9.18. The number of methoxy groups -OCH3 is 2. The number of benzene rings is 3. The first-order valence-corrected chi connectivity index (χ1v) is 12.3. The van der Waals surface area contributed by atoms with E-state index in [-0.39, 0.29) is 27.8 Å². The Labute approximate surface area is 209 Å². The van der Waals surface area contributed by atoms with Gasteiger partial charge in [-0.3, -0.25) is 9.10 Å². The van der Waals surface area contributed by atoms with Gasteiger partial charge in [-0.2, -0.15) is 5.10 Å². The molecule has 11 heteroatoms. The molecule has 0 aliphatic heterocycles. The quantitative estimate of drug-likeness (QED) is 0.298. The van der Waals surface area contributed by atoms with Gasteiger partial charge in [0.05, 0.1) is 37.6 Å². The summed E-state index contributed by atoms with van der Waals surface area (Å²) >= 11 is 0. The average molecular weight is 514 g/mol. The molecule has 0 radical (unpaired) electrons. The van der Waals surface area contributed by atoms with Crippen LogP contribution in [0.25, 0.3) is 0 Å². The summed E-state index contributed by atoms with van der Waals surface area (Å²) in [6.07, 6.45) is 1.35. The van der Waals surface area contributed by atoms with Crippen molar-refractivity contribution in [3.05, 3.63) is 72.3 Å². The molecule has 0 fully saturated rings. The van der Waals surface area contributed by atoms with Gasteiger partial charge in [0.15, 0.2) is 11.5 Å². The van der Waals surface area contributed by atoms with E-state index >= 15 is 0 Å². The lowest BCUT2D eigenvalue weighted by atomic mass is 10.2. The van der Waals surface area contributed by atoms with E-state index in [1.807, 2.05) is 0 Å². The number of phenolic OH excluding ortho intramolecular Hbond substituents is 1. The third kappa shape index (κ3) is 6.25. The van der Waals surface area contributed by atoms with E-state index in [0.717, 1.165) is 4.31 Å². The maximum absolute atomic E-state index is 13.5. The van der Waals surface area contributed by atoms with Crippen LogP contribution in [0.15, 0.2) is 76.7 Å². The Bertz CT molecular complexity index is 1330. The predicted octanol–water partition coefficient (Wildman–Crippen LogP) is 3.15. The van der Waals surface area contributed by atoms with Gasteiger partial charge in [0.2, 0.25) is 0 Å². The Morgan fingerprint density at radius 1 is 1.03 bits per heavy atom. The summed E-state index contributed by atoms with van der Waals surface area (Å²) in [6, 6.07) is 17.0. The summed E-state index contributed by atoms with van der Waals surface area (Å²) < 4.78 is 43.9. The molecule has 0 unspecified atom stereocenters. The van der Waals surface area contributed by atoms with Crippen LogP contribution in [-0.2, 0) is 14.8 Å². The van der Waals surface area contributed by atoms with E-state index in [1.54, 1.807) is 49.4 Å². The molecule has 0 aromatic heterocycles. The van der Waals surface area contributed by atoms with Crippen molar-refractivity contribution in [3.63, 3.8) is 0 Å². The number of carbonyl (C=O) groups is 1. The third-order valence-electron chi connectivity index (χ3n) is 4.96. The molecule has 3 aromatic carbocycles. The molecule has 3 rings (SSSR count). The highest BCUT2D eigenvalue weighted by Gasteiger charge is 2.29. The molecule has 0 heterocycles. The van der Waals surface area contributed by atoms with Crippen LogP contribution in [0.1, 0.15) is 12.5 Å². The number of phenols is 1. The van der Waals surface area contributed by atoms with Crippen LogP contribution in [0, 0.1) is 0 Å². The molecular formula is C25H27N3O7S. The normalized spacial score (nSPS) is 11.2. The molecule has 190 valence electrons. The number of anilines is 1. The molecule has 0 bridgehead atoms. The maximum atomic E-state index is 13.5. The predicted molar refractivity (Wildman–Crippen MR) is 136 cm³/mol. The number of nitrogens with zero attached hydrogens (tertiary/aromatic N) is 2. The van der Waals surface area contributed by atoms with Crippen LogP contribution < -0.4 is 23.9 Å². The molecule has 10 nitrogen and oxygen atoms in total. The molecule has 1 amide bonds. The van der Waals surface area contributed by atoms with E-state index in [4.69, 9.17) is 14.2 Å². The Morgan fingerprint density at radius 2 is 1.78 bits per heavy atom. The zero-order valence-corrected chi connectivity index (χ0v) is 20.9. The summed E-state index contributed by atoms with van der Waals surface area (Å²) in [4.78, 5) is 12.8. The fourth-order valence-electron chi connectivity index (χ4n) is 3.24. The van der Waals surface area contributed by atoms with Gasteiger partial charge in [-0.15, -0.1) is 0 Å². The minimum Gasteiger partial charge on any atom is -0.504 e. The number of amides is 1. The number of hydrazone groups is 1. The fourth-order valence-corrected chi connectivity index (χ4v) is 4.68. The summed E-state index contributed by atoms with van der Waals surface area (Å²) in [5, 5.41) is 13.7. The van der Waals surface area contributed by atoms with E-state index < -0.39 is 22.5 Å². The second-order valence-electron chi connectivity index (χ2n) is 7.32. The van der Waals surface area contributed by atoms with Crippen molar-refractivity contribution in [2.75, 3.05) is 31.7 Å². The van der Waals surface area contributed by atoms with Crippen molar-refractivity contribution < 1.29 is 32.5 Å². The van der Waals surface area contributed by atoms with Crippen LogP contribution in [0.5, 0.6) is 23.0 Å². The van der Waals surface area contributed by atoms with Crippen LogP contribution in [0.2, 0.25) is 0 Å². The first-order valence-electron chi connectivity index (χ1n) is 10.9. The van der Waals surface area contributed by atoms with Gasteiger partial charge in [-0.1, -0.05) is 18.2 Å². The molecule has 0 atom stereocenters. The van der Waals surface area contributed by atoms with Gasteiger partial charge < -0.3 is 19.3 Å². The van der Waals surface area contributed by atoms with E-state index in [0.29, 0.717) is 17.9 Å². The minimum atomic E-state index is -4.16. The lowest BCUT2D eigenvalue weighted by Crippen LogP contribution is -2.39. The smallest absolute Gasteiger partial charge is 0.264 e. The van der Waals surface area contributed by atoms with Crippen molar-refractivity contribution in [3.8, 4) is 23.0 Å². The number of carbonyl (C=O) groups excluding carboxylic acids is 1. The van der Waals surface area contributed by atoms with E-state index in [2.05, 4.69) is 10.5 Å². The molecular weight excluding hydrogens is 486 g/mol. The SMILES string of the molecule is CCOc1cc(/C=N\NC(=O)CN(c2cc(OC)ccc2OC)S(=O)(=O)c2ccccc2)ccc1O. The van der Waals surface area contributed by atoms with Crippen molar-refractivity contribution in [2.45, 2.75) is 11.8 Å². The van der Waals surface area contributed by atoms with Crippen LogP contribution in [-0.4, -0.2) is 53.0 Å². The van der Waals surface area contributed by atoms with Crippen LogP contribution in [0.4, 0.5) is 5.69 Å². The number of sulfonamides is 1. The summed E-state index contributed by atoms with van der Waals surface area (Å²) in [5.41, 5.74) is 3.02. The number of ether oxygens (including phenoxy) is 3. The van der Waals surface area contributed by atoms with Gasteiger partial charge in [0.25, 0.3) is 15.9 Å². The highest BCUT2D eigenvalue weighted by molar-refractivity contribution is 7.92. The molecule has 2 N–H and O–H groups in total. The third-order valence-corrected chi connectivity index (χ3v) is 6.73. The zero-order valence-electron chi connectivity index (χ0n) is 20.0. The summed E-state index contributed by atoms with van der Waals surface area (Å²) in [7, 11) is -1.31. The topological polar surface area (TPSA) is 127 Å². The zero-order chi connectivity index (χ0) is 26.1. The average Bonchev–Trinajstić information content (AvgIpc) is 2.89. The number of rotatable bonds is 11. The maximum Gasteiger partial charge on any atom is 0.264 e. The van der Waals surface area contributed by atoms with Crippen LogP contribution >= 0.6 is 0 Å². The molecule has 0 aliphatic rings. The van der Waals surface area contributed by atoms with Gasteiger partial charge >= 0.3 is 0 Å². The van der Waals surface area contributed by atoms with E-state index in [9.17, 15) is 18.3 Å². The van der Waals surface area contributed by atoms with Crippen molar-refractivity contribution in [1.29, 1.82) is 0 Å². The largest absolute Gasteiger partial charge is 0.504 e. The van der Waals surface area contributed by atoms with Crippen molar-refractivity contribution >= 4 is 27.8 Å². The first-order chi connectivity index (χ1) is 17.3. The highest BCUT2D eigenvalue weighted by atomic mass is 32.2. The Balaban J connectivity index is 1.89. The summed E-state index contributed by atoms with van der Waals surface area (Å²) in [6.45, 7) is 1.56. The number of aromatic hydroxyl groups is 1. The second kappa shape index (κ2) is 11.9. The monoisotopic (exact) mass is 513 g/mol. The van der Waals surface area contributed by atoms with E-state index in [1.165, 1.54) is 44.7 Å². The lowest BCUT2D eigenvalue weighted by Gasteiger charge is -2.25. The number of hydrogen-bond acceptors (Lipinski definition) is 8. The molecule has 36 heavy (non-hydrogen) atoms. The Hall–Kier alpha value is -4.25. The number of hydrogen-bond donors (Lipinski definition) is 2. The van der Waals surface area contributed by atoms with Gasteiger partial charge in [-0.25, -0.2) is 13.8 Å². The van der Waals surface area contributed by atoms with Gasteiger partial charge in [0.1, 0.15) is 18.0 Å². The van der Waals surface area contributed by atoms with Crippen LogP contribution in [0.3, 0.4) is 0 Å². The molecule has 0 aliphatic carbocycles. The highest BCUT2D eigenvalue weighted by Crippen LogP contribution is 2.35. The van der Waals surface area contributed by atoms with Gasteiger partial charge in [-0.05, 0) is 55.0 Å². The lowest BCUT2D eigenvalue weighted by molar-refractivity contribution is -0.119. The van der Waals surface area contributed by atoms with Gasteiger partial charge in [0, 0.05) is 6.07 Å². The molecule has 0 saturated carbocycles. The Morgan fingerprint density at radius 3 is 2.44 bits per heavy atom. The first kappa shape index (κ1) is 26.4. The van der Waals surface area contributed by atoms with Crippen molar-refractivity contribution in [2.24, 2.45) is 5.10 Å².